The highest BCUT2D eigenvalue weighted by Crippen LogP contribution is 2.34. The summed E-state index contributed by atoms with van der Waals surface area (Å²) in [5, 5.41) is 24.6. The van der Waals surface area contributed by atoms with Gasteiger partial charge in [0.05, 0.1) is 24.0 Å². The molecule has 2 aliphatic heterocycles. The summed E-state index contributed by atoms with van der Waals surface area (Å²) in [6.45, 7) is 10.6. The standard InChI is InChI=1S/C25H41NO6/c1-7-14(2)19-11-17-12-21(28)26-18(17)10-8-9-15(3)23(30)16(4)24(31)25(5,6)20(27)13-22(29)32-19/h7,15-20,23,27,30H,8-13H2,1-6H3,(H,26,28)/b14-7+/t15-,16+,17?,18?,19?,20-,23?/m0/s1. The van der Waals surface area contributed by atoms with Crippen LogP contribution >= 0.6 is 0 Å². The van der Waals surface area contributed by atoms with Crippen LogP contribution < -0.4 is 5.32 Å². The fraction of sp³-hybridized carbons (Fsp3) is 0.800. The van der Waals surface area contributed by atoms with Crippen molar-refractivity contribution in [1.82, 2.24) is 5.32 Å². The van der Waals surface area contributed by atoms with Gasteiger partial charge in [0.1, 0.15) is 11.9 Å². The Morgan fingerprint density at radius 1 is 1.12 bits per heavy atom. The van der Waals surface area contributed by atoms with Crippen LogP contribution in [0.3, 0.4) is 0 Å². The molecule has 0 aliphatic carbocycles. The minimum atomic E-state index is -1.23. The molecule has 7 nitrogen and oxygen atoms in total. The van der Waals surface area contributed by atoms with Crippen LogP contribution in [0.2, 0.25) is 0 Å². The summed E-state index contributed by atoms with van der Waals surface area (Å²) in [5.41, 5.74) is -0.304. The molecule has 182 valence electrons. The highest BCUT2D eigenvalue weighted by Gasteiger charge is 2.43. The molecule has 2 rings (SSSR count). The number of fused-ring (bicyclic) bond motifs is 1. The summed E-state index contributed by atoms with van der Waals surface area (Å²) in [6, 6.07) is -0.00538. The molecule has 0 radical (unpaired) electrons. The number of carbonyl (C=O) groups excluding carboxylic acids is 3. The lowest BCUT2D eigenvalue weighted by Crippen LogP contribution is -2.46. The Morgan fingerprint density at radius 3 is 2.41 bits per heavy atom. The van der Waals surface area contributed by atoms with E-state index in [1.54, 1.807) is 20.8 Å². The van der Waals surface area contributed by atoms with Crippen molar-refractivity contribution in [1.29, 1.82) is 0 Å². The van der Waals surface area contributed by atoms with E-state index < -0.39 is 35.6 Å². The molecule has 0 bridgehead atoms. The zero-order valence-electron chi connectivity index (χ0n) is 20.4. The molecule has 0 aromatic rings. The van der Waals surface area contributed by atoms with E-state index in [0.29, 0.717) is 12.8 Å². The van der Waals surface area contributed by atoms with Crippen LogP contribution in [-0.4, -0.2) is 52.2 Å². The van der Waals surface area contributed by atoms with Gasteiger partial charge in [0.25, 0.3) is 0 Å². The molecule has 2 heterocycles. The van der Waals surface area contributed by atoms with E-state index in [4.69, 9.17) is 4.74 Å². The van der Waals surface area contributed by atoms with E-state index in [1.165, 1.54) is 0 Å². The van der Waals surface area contributed by atoms with Gasteiger partial charge in [0, 0.05) is 18.4 Å². The molecule has 2 aliphatic rings. The molecule has 32 heavy (non-hydrogen) atoms. The number of aliphatic hydroxyl groups excluding tert-OH is 2. The third kappa shape index (κ3) is 6.19. The second kappa shape index (κ2) is 10.9. The van der Waals surface area contributed by atoms with Gasteiger partial charge in [-0.3, -0.25) is 14.4 Å². The van der Waals surface area contributed by atoms with Crippen molar-refractivity contribution in [2.45, 2.75) is 104 Å². The van der Waals surface area contributed by atoms with E-state index in [0.717, 1.165) is 24.8 Å². The normalized spacial score (nSPS) is 38.1. The van der Waals surface area contributed by atoms with Gasteiger partial charge in [-0.25, -0.2) is 0 Å². The van der Waals surface area contributed by atoms with Crippen LogP contribution in [0.4, 0.5) is 0 Å². The Balaban J connectivity index is 2.32. The third-order valence-corrected chi connectivity index (χ3v) is 7.63. The first-order valence-corrected chi connectivity index (χ1v) is 11.9. The Labute approximate surface area is 192 Å². The first-order chi connectivity index (χ1) is 14.9. The number of hydrogen-bond donors (Lipinski definition) is 3. The number of hydrogen-bond acceptors (Lipinski definition) is 6. The maximum atomic E-state index is 13.1. The number of amides is 1. The number of ether oxygens (including phenoxy) is 1. The van der Waals surface area contributed by atoms with E-state index in [-0.39, 0.29) is 36.0 Å². The summed E-state index contributed by atoms with van der Waals surface area (Å²) in [6.07, 6.45) is 2.27. The number of rotatable bonds is 1. The maximum absolute atomic E-state index is 13.1. The van der Waals surface area contributed by atoms with Crippen LogP contribution in [0.25, 0.3) is 0 Å². The number of nitrogens with one attached hydrogen (secondary N) is 1. The molecule has 4 unspecified atom stereocenters. The highest BCUT2D eigenvalue weighted by atomic mass is 16.5. The second-order valence-corrected chi connectivity index (χ2v) is 10.4. The zero-order chi connectivity index (χ0) is 24.2. The zero-order valence-corrected chi connectivity index (χ0v) is 20.4. The van der Waals surface area contributed by atoms with Gasteiger partial charge in [-0.2, -0.15) is 0 Å². The third-order valence-electron chi connectivity index (χ3n) is 7.63. The average Bonchev–Trinajstić information content (AvgIpc) is 3.08. The lowest BCUT2D eigenvalue weighted by atomic mass is 9.73. The Kier molecular flexibility index (Phi) is 9.06. The Hall–Kier alpha value is -1.73. The van der Waals surface area contributed by atoms with Gasteiger partial charge in [0.15, 0.2) is 0 Å². The molecule has 1 amide bonds. The van der Waals surface area contributed by atoms with Crippen molar-refractivity contribution >= 4 is 17.7 Å². The van der Waals surface area contributed by atoms with Crippen molar-refractivity contribution in [2.24, 2.45) is 23.2 Å². The number of Topliss-reactive ketones (excluding diaryl/α,β-unsaturated/α-hetero) is 1. The van der Waals surface area contributed by atoms with E-state index in [9.17, 15) is 24.6 Å². The van der Waals surface area contributed by atoms with Crippen molar-refractivity contribution in [3.63, 3.8) is 0 Å². The molecule has 2 saturated heterocycles. The molecular weight excluding hydrogens is 410 g/mol. The Morgan fingerprint density at radius 2 is 1.78 bits per heavy atom. The summed E-state index contributed by atoms with van der Waals surface area (Å²) < 4.78 is 5.74. The van der Waals surface area contributed by atoms with Crippen molar-refractivity contribution in [3.05, 3.63) is 11.6 Å². The predicted octanol–water partition coefficient (Wildman–Crippen LogP) is 2.92. The van der Waals surface area contributed by atoms with E-state index in [1.807, 2.05) is 26.8 Å². The smallest absolute Gasteiger partial charge is 0.309 e. The number of aliphatic hydroxyl groups is 2. The lowest BCUT2D eigenvalue weighted by Gasteiger charge is -2.35. The van der Waals surface area contributed by atoms with Gasteiger partial charge in [-0.1, -0.05) is 40.2 Å². The number of allylic oxidation sites excluding steroid dienone is 1. The van der Waals surface area contributed by atoms with Gasteiger partial charge in [-0.15, -0.1) is 0 Å². The maximum Gasteiger partial charge on any atom is 0.309 e. The first-order valence-electron chi connectivity index (χ1n) is 11.9. The molecule has 0 saturated carbocycles. The molecule has 7 heteroatoms. The van der Waals surface area contributed by atoms with Crippen LogP contribution in [0.1, 0.15) is 80.1 Å². The first kappa shape index (κ1) is 26.5. The molecule has 0 spiro atoms. The minimum Gasteiger partial charge on any atom is -0.458 e. The molecule has 0 aromatic carbocycles. The summed E-state index contributed by atoms with van der Waals surface area (Å²) in [7, 11) is 0. The second-order valence-electron chi connectivity index (χ2n) is 10.4. The number of carbonyl (C=O) groups is 3. The molecule has 7 atom stereocenters. The molecule has 2 fully saturated rings. The average molecular weight is 452 g/mol. The fourth-order valence-electron chi connectivity index (χ4n) is 4.96. The van der Waals surface area contributed by atoms with Crippen molar-refractivity contribution in [2.75, 3.05) is 0 Å². The number of esters is 1. The topological polar surface area (TPSA) is 113 Å². The summed E-state index contributed by atoms with van der Waals surface area (Å²) >= 11 is 0. The van der Waals surface area contributed by atoms with E-state index >= 15 is 0 Å². The van der Waals surface area contributed by atoms with Gasteiger partial charge < -0.3 is 20.3 Å². The molecule has 3 N–H and O–H groups in total. The predicted molar refractivity (Wildman–Crippen MR) is 122 cm³/mol. The SMILES string of the molecule is C/C=C(\C)C1CC2CC(=O)NC2CCC[C@H](C)C(O)[C@@H](C)C(=O)C(C)(C)[C@@H](O)CC(=O)O1. The number of ketones is 1. The van der Waals surface area contributed by atoms with Gasteiger partial charge in [-0.05, 0) is 50.5 Å². The van der Waals surface area contributed by atoms with E-state index in [2.05, 4.69) is 5.32 Å². The molecule has 0 aromatic heterocycles. The fourth-order valence-corrected chi connectivity index (χ4v) is 4.96. The van der Waals surface area contributed by atoms with Crippen molar-refractivity contribution in [3.8, 4) is 0 Å². The largest absolute Gasteiger partial charge is 0.458 e. The number of cyclic esters (lactones) is 1. The quantitative estimate of drug-likeness (QED) is 0.417. The lowest BCUT2D eigenvalue weighted by molar-refractivity contribution is -0.154. The van der Waals surface area contributed by atoms with Crippen molar-refractivity contribution < 1.29 is 29.3 Å². The van der Waals surface area contributed by atoms with Gasteiger partial charge >= 0.3 is 5.97 Å². The highest BCUT2D eigenvalue weighted by molar-refractivity contribution is 5.88. The van der Waals surface area contributed by atoms with Crippen LogP contribution in [0, 0.1) is 23.2 Å². The van der Waals surface area contributed by atoms with Crippen LogP contribution in [-0.2, 0) is 19.1 Å². The van der Waals surface area contributed by atoms with Crippen LogP contribution in [0.15, 0.2) is 11.6 Å². The summed E-state index contributed by atoms with van der Waals surface area (Å²) in [5.74, 6) is -1.57. The van der Waals surface area contributed by atoms with Gasteiger partial charge in [0.2, 0.25) is 5.91 Å². The minimum absolute atomic E-state index is 0.00518. The molecular formula is C25H41NO6. The van der Waals surface area contributed by atoms with Crippen LogP contribution in [0.5, 0.6) is 0 Å². The Bertz CT molecular complexity index is 730. The monoisotopic (exact) mass is 451 g/mol. The summed E-state index contributed by atoms with van der Waals surface area (Å²) in [4.78, 5) is 37.9.